The first kappa shape index (κ1) is 23.2. The molecule has 0 radical (unpaired) electrons. The van der Waals surface area contributed by atoms with Gasteiger partial charge in [-0.15, -0.1) is 0 Å². The quantitative estimate of drug-likeness (QED) is 0.590. The zero-order valence-corrected chi connectivity index (χ0v) is 18.9. The number of benzene rings is 2. The van der Waals surface area contributed by atoms with E-state index in [1.54, 1.807) is 50.6 Å². The van der Waals surface area contributed by atoms with Crippen molar-refractivity contribution in [2.45, 2.75) is 43.0 Å². The average Bonchev–Trinajstić information content (AvgIpc) is 2.80. The predicted molar refractivity (Wildman–Crippen MR) is 120 cm³/mol. The number of carbonyl (C=O) groups is 1. The van der Waals surface area contributed by atoms with E-state index in [9.17, 15) is 13.2 Å². The number of rotatable bonds is 9. The maximum Gasteiger partial charge on any atom is 0.255 e. The standard InChI is InChI=1S/C23H30N2O5S/c1-25(20-8-4-3-5-9-20)31(27,28)22-10-6-7-18(17-22)23(26)24-19-11-13-21(14-12-19)30-16-15-29-2/h6-7,10-14,17,20H,3-5,8-9,15-16H2,1-2H3,(H,24,26). The van der Waals surface area contributed by atoms with Gasteiger partial charge in [0.25, 0.3) is 5.91 Å². The summed E-state index contributed by atoms with van der Waals surface area (Å²) in [5.41, 5.74) is 0.884. The Morgan fingerprint density at radius 3 is 2.45 bits per heavy atom. The first-order valence-corrected chi connectivity index (χ1v) is 12.0. The van der Waals surface area contributed by atoms with Gasteiger partial charge in [0.15, 0.2) is 0 Å². The van der Waals surface area contributed by atoms with Crippen LogP contribution in [0.15, 0.2) is 53.4 Å². The van der Waals surface area contributed by atoms with Gasteiger partial charge in [-0.2, -0.15) is 4.31 Å². The minimum absolute atomic E-state index is 0.0147. The predicted octanol–water partition coefficient (Wildman–Crippen LogP) is 3.92. The maximum atomic E-state index is 13.1. The summed E-state index contributed by atoms with van der Waals surface area (Å²) in [7, 11) is -0.417. The van der Waals surface area contributed by atoms with Crippen molar-refractivity contribution in [3.8, 4) is 5.75 Å². The van der Waals surface area contributed by atoms with Gasteiger partial charge >= 0.3 is 0 Å². The van der Waals surface area contributed by atoms with E-state index in [2.05, 4.69) is 5.32 Å². The van der Waals surface area contributed by atoms with Crippen molar-refractivity contribution in [3.63, 3.8) is 0 Å². The van der Waals surface area contributed by atoms with Gasteiger partial charge in [0, 0.05) is 31.5 Å². The van der Waals surface area contributed by atoms with E-state index in [4.69, 9.17) is 9.47 Å². The molecule has 0 bridgehead atoms. The normalized spacial score (nSPS) is 15.1. The minimum atomic E-state index is -3.66. The Balaban J connectivity index is 1.68. The Hall–Kier alpha value is -2.42. The van der Waals surface area contributed by atoms with Crippen LogP contribution in [-0.2, 0) is 14.8 Å². The molecule has 0 aromatic heterocycles. The summed E-state index contributed by atoms with van der Waals surface area (Å²) < 4.78 is 38.1. The van der Waals surface area contributed by atoms with E-state index < -0.39 is 10.0 Å². The largest absolute Gasteiger partial charge is 0.491 e. The third-order valence-electron chi connectivity index (χ3n) is 5.53. The molecule has 1 amide bonds. The number of nitrogens with one attached hydrogen (secondary N) is 1. The number of sulfonamides is 1. The summed E-state index contributed by atoms with van der Waals surface area (Å²) in [6.45, 7) is 0.937. The SMILES string of the molecule is COCCOc1ccc(NC(=O)c2cccc(S(=O)(=O)N(C)C3CCCCC3)c2)cc1. The molecule has 1 N–H and O–H groups in total. The van der Waals surface area contributed by atoms with Crippen molar-refractivity contribution in [2.75, 3.05) is 32.7 Å². The van der Waals surface area contributed by atoms with Crippen molar-refractivity contribution >= 4 is 21.6 Å². The number of hydrogen-bond acceptors (Lipinski definition) is 5. The van der Waals surface area contributed by atoms with E-state index in [1.807, 2.05) is 0 Å². The summed E-state index contributed by atoms with van der Waals surface area (Å²) in [5.74, 6) is 0.305. The molecule has 3 rings (SSSR count). The van der Waals surface area contributed by atoms with Gasteiger partial charge in [0.05, 0.1) is 11.5 Å². The summed E-state index contributed by atoms with van der Waals surface area (Å²) >= 11 is 0. The van der Waals surface area contributed by atoms with Gasteiger partial charge in [-0.25, -0.2) is 8.42 Å². The second-order valence-electron chi connectivity index (χ2n) is 7.66. The lowest BCUT2D eigenvalue weighted by atomic mass is 9.96. The molecule has 1 saturated carbocycles. The lowest BCUT2D eigenvalue weighted by molar-refractivity contribution is 0.102. The van der Waals surface area contributed by atoms with Crippen molar-refractivity contribution in [1.82, 2.24) is 4.31 Å². The van der Waals surface area contributed by atoms with Crippen LogP contribution in [0.4, 0.5) is 5.69 Å². The van der Waals surface area contributed by atoms with Crippen molar-refractivity contribution in [1.29, 1.82) is 0 Å². The molecule has 31 heavy (non-hydrogen) atoms. The fourth-order valence-corrected chi connectivity index (χ4v) is 5.15. The molecule has 1 aliphatic rings. The number of ether oxygens (including phenoxy) is 2. The van der Waals surface area contributed by atoms with E-state index in [-0.39, 0.29) is 16.8 Å². The highest BCUT2D eigenvalue weighted by molar-refractivity contribution is 7.89. The maximum absolute atomic E-state index is 13.1. The zero-order chi connectivity index (χ0) is 22.3. The Morgan fingerprint density at radius 2 is 1.77 bits per heavy atom. The van der Waals surface area contributed by atoms with Crippen LogP contribution in [-0.4, -0.2) is 52.0 Å². The second kappa shape index (κ2) is 10.7. The van der Waals surface area contributed by atoms with E-state index >= 15 is 0 Å². The van der Waals surface area contributed by atoms with Crippen LogP contribution in [0.25, 0.3) is 0 Å². The number of methoxy groups -OCH3 is 1. The Kier molecular flexibility index (Phi) is 8.06. The summed E-state index contributed by atoms with van der Waals surface area (Å²) in [4.78, 5) is 12.8. The third kappa shape index (κ3) is 6.06. The average molecular weight is 447 g/mol. The Morgan fingerprint density at radius 1 is 1.06 bits per heavy atom. The molecule has 168 valence electrons. The van der Waals surface area contributed by atoms with E-state index in [1.165, 1.54) is 16.4 Å². The lowest BCUT2D eigenvalue weighted by Gasteiger charge is -2.30. The number of nitrogens with zero attached hydrogens (tertiary/aromatic N) is 1. The molecule has 2 aromatic rings. The second-order valence-corrected chi connectivity index (χ2v) is 9.66. The molecule has 0 aliphatic heterocycles. The minimum Gasteiger partial charge on any atom is -0.491 e. The zero-order valence-electron chi connectivity index (χ0n) is 18.0. The highest BCUT2D eigenvalue weighted by Gasteiger charge is 2.29. The molecule has 2 aromatic carbocycles. The summed E-state index contributed by atoms with van der Waals surface area (Å²) in [5, 5.41) is 2.80. The summed E-state index contributed by atoms with van der Waals surface area (Å²) in [6.07, 6.45) is 4.99. The molecule has 8 heteroatoms. The first-order valence-electron chi connectivity index (χ1n) is 10.5. The Bertz CT molecular complexity index is 970. The van der Waals surface area contributed by atoms with Crippen LogP contribution in [0.3, 0.4) is 0 Å². The molecule has 0 saturated heterocycles. The van der Waals surface area contributed by atoms with Gasteiger partial charge in [0.1, 0.15) is 12.4 Å². The van der Waals surface area contributed by atoms with Crippen LogP contribution >= 0.6 is 0 Å². The third-order valence-corrected chi connectivity index (χ3v) is 7.44. The first-order chi connectivity index (χ1) is 14.9. The number of anilines is 1. The van der Waals surface area contributed by atoms with Crippen LogP contribution in [0, 0.1) is 0 Å². The Labute approximate surface area is 184 Å². The molecule has 1 aliphatic carbocycles. The molecule has 0 atom stereocenters. The molecule has 0 unspecified atom stereocenters. The van der Waals surface area contributed by atoms with E-state index in [0.717, 1.165) is 32.1 Å². The molecule has 0 spiro atoms. The van der Waals surface area contributed by atoms with Crippen LogP contribution < -0.4 is 10.1 Å². The van der Waals surface area contributed by atoms with Crippen molar-refractivity contribution in [2.24, 2.45) is 0 Å². The van der Waals surface area contributed by atoms with Gasteiger partial charge in [-0.3, -0.25) is 4.79 Å². The fourth-order valence-electron chi connectivity index (χ4n) is 3.69. The van der Waals surface area contributed by atoms with Crippen LogP contribution in [0.5, 0.6) is 5.75 Å². The molecular formula is C23H30N2O5S. The molecule has 7 nitrogen and oxygen atoms in total. The fraction of sp³-hybridized carbons (Fsp3) is 0.435. The highest BCUT2D eigenvalue weighted by Crippen LogP contribution is 2.27. The van der Waals surface area contributed by atoms with Crippen molar-refractivity contribution in [3.05, 3.63) is 54.1 Å². The molecular weight excluding hydrogens is 416 g/mol. The number of carbonyl (C=O) groups excluding carboxylic acids is 1. The van der Waals surface area contributed by atoms with Crippen molar-refractivity contribution < 1.29 is 22.7 Å². The number of amides is 1. The van der Waals surface area contributed by atoms with Gasteiger partial charge < -0.3 is 14.8 Å². The van der Waals surface area contributed by atoms with Gasteiger partial charge in [-0.05, 0) is 55.3 Å². The van der Waals surface area contributed by atoms with Gasteiger partial charge in [-0.1, -0.05) is 25.3 Å². The smallest absolute Gasteiger partial charge is 0.255 e. The highest BCUT2D eigenvalue weighted by atomic mass is 32.2. The monoisotopic (exact) mass is 446 g/mol. The van der Waals surface area contributed by atoms with Crippen LogP contribution in [0.2, 0.25) is 0 Å². The van der Waals surface area contributed by atoms with Crippen LogP contribution in [0.1, 0.15) is 42.5 Å². The number of hydrogen-bond donors (Lipinski definition) is 1. The molecule has 1 fully saturated rings. The topological polar surface area (TPSA) is 84.9 Å². The van der Waals surface area contributed by atoms with Gasteiger partial charge in [0.2, 0.25) is 10.0 Å². The summed E-state index contributed by atoms with van der Waals surface area (Å²) in [6, 6.07) is 13.2. The molecule has 0 heterocycles. The lowest BCUT2D eigenvalue weighted by Crippen LogP contribution is -2.38. The van der Waals surface area contributed by atoms with E-state index in [0.29, 0.717) is 30.2 Å².